The summed E-state index contributed by atoms with van der Waals surface area (Å²) >= 11 is 0. The Morgan fingerprint density at radius 3 is 2.75 bits per heavy atom. The van der Waals surface area contributed by atoms with E-state index in [1.54, 1.807) is 25.3 Å². The average molecular weight is 269 g/mol. The normalized spacial score (nSPS) is 9.65. The fourth-order valence-corrected chi connectivity index (χ4v) is 1.69. The molecule has 0 aliphatic rings. The molecule has 0 aliphatic heterocycles. The third kappa shape index (κ3) is 3.39. The summed E-state index contributed by atoms with van der Waals surface area (Å²) in [5, 5.41) is 11.9. The molecule has 0 spiro atoms. The standard InChI is InChI=1S/C15H15N3O2/c1-17-15-5-3-4-12(18-15)10-20-14-7-11(9-16)6-13(8-14)19-2/h3-8H,10H2,1-2H3,(H,17,18). The van der Waals surface area contributed by atoms with Crippen LogP contribution in [0.15, 0.2) is 36.4 Å². The molecule has 0 atom stereocenters. The maximum atomic E-state index is 8.95. The van der Waals surface area contributed by atoms with Crippen LogP contribution in [0.4, 0.5) is 5.82 Å². The quantitative estimate of drug-likeness (QED) is 0.903. The number of hydrogen-bond acceptors (Lipinski definition) is 5. The molecule has 1 heterocycles. The lowest BCUT2D eigenvalue weighted by Gasteiger charge is -2.09. The first-order valence-electron chi connectivity index (χ1n) is 6.11. The van der Waals surface area contributed by atoms with Crippen molar-refractivity contribution >= 4 is 5.82 Å². The summed E-state index contributed by atoms with van der Waals surface area (Å²) < 4.78 is 10.8. The molecular weight excluding hydrogens is 254 g/mol. The molecular formula is C15H15N3O2. The lowest BCUT2D eigenvalue weighted by Crippen LogP contribution is -2.01. The summed E-state index contributed by atoms with van der Waals surface area (Å²) in [5.41, 5.74) is 1.30. The first kappa shape index (κ1) is 13.7. The molecule has 5 nitrogen and oxygen atoms in total. The van der Waals surface area contributed by atoms with Gasteiger partial charge >= 0.3 is 0 Å². The molecule has 1 aromatic heterocycles. The lowest BCUT2D eigenvalue weighted by molar-refractivity contribution is 0.299. The van der Waals surface area contributed by atoms with Gasteiger partial charge in [0.2, 0.25) is 0 Å². The van der Waals surface area contributed by atoms with Gasteiger partial charge in [-0.15, -0.1) is 0 Å². The Balaban J connectivity index is 2.12. The second kappa shape index (κ2) is 6.43. The number of nitrogens with one attached hydrogen (secondary N) is 1. The number of nitriles is 1. The van der Waals surface area contributed by atoms with Crippen molar-refractivity contribution in [3.8, 4) is 17.6 Å². The summed E-state index contributed by atoms with van der Waals surface area (Å²) in [6.45, 7) is 0.327. The Kier molecular flexibility index (Phi) is 4.40. The number of ether oxygens (including phenoxy) is 2. The van der Waals surface area contributed by atoms with Crippen LogP contribution in [0.3, 0.4) is 0 Å². The van der Waals surface area contributed by atoms with E-state index in [4.69, 9.17) is 14.7 Å². The highest BCUT2D eigenvalue weighted by Gasteiger charge is 2.03. The summed E-state index contributed by atoms with van der Waals surface area (Å²) in [4.78, 5) is 4.36. The van der Waals surface area contributed by atoms with Gasteiger partial charge in [0, 0.05) is 13.1 Å². The Labute approximate surface area is 117 Å². The maximum absolute atomic E-state index is 8.95. The zero-order valence-corrected chi connectivity index (χ0v) is 11.4. The third-order valence-corrected chi connectivity index (χ3v) is 2.69. The van der Waals surface area contributed by atoms with Crippen molar-refractivity contribution in [1.29, 1.82) is 5.26 Å². The van der Waals surface area contributed by atoms with Crippen LogP contribution in [-0.2, 0) is 6.61 Å². The van der Waals surface area contributed by atoms with Crippen molar-refractivity contribution in [1.82, 2.24) is 4.98 Å². The van der Waals surface area contributed by atoms with Crippen LogP contribution in [0.5, 0.6) is 11.5 Å². The van der Waals surface area contributed by atoms with E-state index in [-0.39, 0.29) is 0 Å². The number of benzene rings is 1. The molecule has 0 fully saturated rings. The predicted octanol–water partition coefficient (Wildman–Crippen LogP) is 2.58. The van der Waals surface area contributed by atoms with Crippen molar-refractivity contribution < 1.29 is 9.47 Å². The van der Waals surface area contributed by atoms with E-state index in [0.29, 0.717) is 23.7 Å². The smallest absolute Gasteiger partial charge is 0.130 e. The first-order chi connectivity index (χ1) is 9.75. The molecule has 0 amide bonds. The predicted molar refractivity (Wildman–Crippen MR) is 75.8 cm³/mol. The van der Waals surface area contributed by atoms with Crippen LogP contribution < -0.4 is 14.8 Å². The van der Waals surface area contributed by atoms with Crippen molar-refractivity contribution in [3.05, 3.63) is 47.7 Å². The van der Waals surface area contributed by atoms with Gasteiger partial charge in [-0.05, 0) is 24.3 Å². The Hall–Kier alpha value is -2.74. The maximum Gasteiger partial charge on any atom is 0.130 e. The fraction of sp³-hybridized carbons (Fsp3) is 0.200. The summed E-state index contributed by atoms with van der Waals surface area (Å²) in [7, 11) is 3.37. The molecule has 2 rings (SSSR count). The van der Waals surface area contributed by atoms with E-state index in [9.17, 15) is 0 Å². The van der Waals surface area contributed by atoms with Crippen LogP contribution in [0, 0.1) is 11.3 Å². The molecule has 5 heteroatoms. The van der Waals surface area contributed by atoms with Gasteiger partial charge in [-0.1, -0.05) is 6.07 Å². The Morgan fingerprint density at radius 2 is 2.05 bits per heavy atom. The van der Waals surface area contributed by atoms with Gasteiger partial charge < -0.3 is 14.8 Å². The molecule has 0 saturated heterocycles. The molecule has 0 aliphatic carbocycles. The number of hydrogen-bond donors (Lipinski definition) is 1. The van der Waals surface area contributed by atoms with E-state index in [1.807, 2.05) is 25.2 Å². The second-order valence-electron chi connectivity index (χ2n) is 4.06. The number of methoxy groups -OCH3 is 1. The van der Waals surface area contributed by atoms with Crippen molar-refractivity contribution in [2.24, 2.45) is 0 Å². The summed E-state index contributed by atoms with van der Waals surface area (Å²) in [5.74, 6) is 1.96. The first-order valence-corrected chi connectivity index (χ1v) is 6.11. The number of nitrogens with zero attached hydrogens (tertiary/aromatic N) is 2. The van der Waals surface area contributed by atoms with Gasteiger partial charge in [0.25, 0.3) is 0 Å². The average Bonchev–Trinajstić information content (AvgIpc) is 2.52. The highest BCUT2D eigenvalue weighted by molar-refractivity contribution is 5.44. The number of aromatic nitrogens is 1. The molecule has 20 heavy (non-hydrogen) atoms. The zero-order chi connectivity index (χ0) is 14.4. The lowest BCUT2D eigenvalue weighted by atomic mass is 10.2. The SMILES string of the molecule is CNc1cccc(COc2cc(C#N)cc(OC)c2)n1. The number of pyridine rings is 1. The van der Waals surface area contributed by atoms with Crippen LogP contribution in [0.25, 0.3) is 0 Å². The molecule has 0 bridgehead atoms. The summed E-state index contributed by atoms with van der Waals surface area (Å²) in [6.07, 6.45) is 0. The Morgan fingerprint density at radius 1 is 1.25 bits per heavy atom. The van der Waals surface area contributed by atoms with Crippen LogP contribution >= 0.6 is 0 Å². The van der Waals surface area contributed by atoms with Crippen molar-refractivity contribution in [2.45, 2.75) is 6.61 Å². The van der Waals surface area contributed by atoms with Gasteiger partial charge in [0.05, 0.1) is 24.4 Å². The van der Waals surface area contributed by atoms with Gasteiger partial charge in [-0.3, -0.25) is 0 Å². The van der Waals surface area contributed by atoms with Crippen LogP contribution in [0.2, 0.25) is 0 Å². The Bertz CT molecular complexity index is 635. The van der Waals surface area contributed by atoms with Crippen molar-refractivity contribution in [3.63, 3.8) is 0 Å². The topological polar surface area (TPSA) is 67.2 Å². The molecule has 2 aromatic rings. The number of anilines is 1. The number of rotatable bonds is 5. The molecule has 102 valence electrons. The van der Waals surface area contributed by atoms with Gasteiger partial charge in [0.15, 0.2) is 0 Å². The fourth-order valence-electron chi connectivity index (χ4n) is 1.69. The van der Waals surface area contributed by atoms with Gasteiger partial charge in [-0.25, -0.2) is 4.98 Å². The van der Waals surface area contributed by atoms with Crippen molar-refractivity contribution in [2.75, 3.05) is 19.5 Å². The van der Waals surface area contributed by atoms with E-state index >= 15 is 0 Å². The molecule has 0 saturated carbocycles. The van der Waals surface area contributed by atoms with E-state index in [1.165, 1.54) is 0 Å². The molecule has 0 radical (unpaired) electrons. The largest absolute Gasteiger partial charge is 0.497 e. The van der Waals surface area contributed by atoms with E-state index < -0.39 is 0 Å². The van der Waals surface area contributed by atoms with Gasteiger partial charge in [-0.2, -0.15) is 5.26 Å². The zero-order valence-electron chi connectivity index (χ0n) is 11.4. The second-order valence-corrected chi connectivity index (χ2v) is 4.06. The highest BCUT2D eigenvalue weighted by Crippen LogP contribution is 2.23. The minimum atomic E-state index is 0.327. The molecule has 1 aromatic carbocycles. The van der Waals surface area contributed by atoms with E-state index in [2.05, 4.69) is 16.4 Å². The minimum absolute atomic E-state index is 0.327. The van der Waals surface area contributed by atoms with Crippen LogP contribution in [-0.4, -0.2) is 19.1 Å². The highest BCUT2D eigenvalue weighted by atomic mass is 16.5. The summed E-state index contributed by atoms with van der Waals surface area (Å²) in [6, 6.07) is 12.8. The monoisotopic (exact) mass is 269 g/mol. The molecule has 0 unspecified atom stereocenters. The minimum Gasteiger partial charge on any atom is -0.497 e. The third-order valence-electron chi connectivity index (χ3n) is 2.69. The van der Waals surface area contributed by atoms with E-state index in [0.717, 1.165) is 11.5 Å². The van der Waals surface area contributed by atoms with Gasteiger partial charge in [0.1, 0.15) is 23.9 Å². The van der Waals surface area contributed by atoms with Crippen LogP contribution in [0.1, 0.15) is 11.3 Å². The molecule has 1 N–H and O–H groups in total.